The number of halogens is 2. The fourth-order valence-electron chi connectivity index (χ4n) is 3.32. The van der Waals surface area contributed by atoms with Crippen LogP contribution in [0.5, 0.6) is 0 Å². The van der Waals surface area contributed by atoms with Crippen LogP contribution in [0.1, 0.15) is 47.8 Å². The van der Waals surface area contributed by atoms with Gasteiger partial charge in [-0.3, -0.25) is 4.98 Å². The number of hydrogen-bond acceptors (Lipinski definition) is 5. The maximum atomic E-state index is 6.20. The summed E-state index contributed by atoms with van der Waals surface area (Å²) in [6, 6.07) is 8.57. The monoisotopic (exact) mass is 422 g/mol. The maximum absolute atomic E-state index is 6.20. The second-order valence-corrected chi connectivity index (χ2v) is 7.15. The molecule has 0 aliphatic rings. The Morgan fingerprint density at radius 3 is 2.25 bits per heavy atom. The van der Waals surface area contributed by atoms with Gasteiger partial charge in [0.2, 0.25) is 0 Å². The molecule has 0 aliphatic carbocycles. The zero-order chi connectivity index (χ0) is 18.7. The zero-order valence-electron chi connectivity index (χ0n) is 16.7. The van der Waals surface area contributed by atoms with Crippen molar-refractivity contribution in [2.24, 2.45) is 11.7 Å². The van der Waals surface area contributed by atoms with E-state index >= 15 is 0 Å². The summed E-state index contributed by atoms with van der Waals surface area (Å²) in [6.45, 7) is 9.01. The molecule has 0 atom stereocenters. The van der Waals surface area contributed by atoms with Gasteiger partial charge in [0.1, 0.15) is 0 Å². The zero-order valence-corrected chi connectivity index (χ0v) is 18.3. The fraction of sp³-hybridized carbons (Fsp3) is 0.400. The van der Waals surface area contributed by atoms with E-state index in [2.05, 4.69) is 72.6 Å². The number of pyridine rings is 1. The molecule has 6 nitrogen and oxygen atoms in total. The van der Waals surface area contributed by atoms with Crippen LogP contribution < -0.4 is 5.73 Å². The lowest BCUT2D eigenvalue weighted by Gasteiger charge is -2.20. The van der Waals surface area contributed by atoms with Crippen LogP contribution in [0.4, 0.5) is 0 Å². The highest BCUT2D eigenvalue weighted by molar-refractivity contribution is 5.85. The first-order chi connectivity index (χ1) is 12.5. The van der Waals surface area contributed by atoms with Gasteiger partial charge in [0.25, 0.3) is 0 Å². The molecule has 0 radical (unpaired) electrons. The van der Waals surface area contributed by atoms with Crippen molar-refractivity contribution in [3.8, 4) is 11.1 Å². The number of benzene rings is 1. The Morgan fingerprint density at radius 2 is 1.71 bits per heavy atom. The van der Waals surface area contributed by atoms with Crippen molar-refractivity contribution in [3.05, 3.63) is 58.2 Å². The third kappa shape index (κ3) is 5.28. The van der Waals surface area contributed by atoms with Crippen molar-refractivity contribution >= 4 is 24.8 Å². The minimum Gasteiger partial charge on any atom is -0.326 e. The van der Waals surface area contributed by atoms with Crippen molar-refractivity contribution < 1.29 is 0 Å². The first kappa shape index (κ1) is 24.0. The molecule has 0 fully saturated rings. The minimum absolute atomic E-state index is 0. The molecular formula is C20H28Cl2N6. The van der Waals surface area contributed by atoms with Crippen LogP contribution in [0, 0.1) is 19.8 Å². The number of hydrogen-bond donors (Lipinski definition) is 2. The molecule has 3 N–H and O–H groups in total. The molecule has 3 rings (SSSR count). The van der Waals surface area contributed by atoms with Crippen molar-refractivity contribution in [2.75, 3.05) is 0 Å². The Kier molecular flexibility index (Phi) is 9.01. The van der Waals surface area contributed by atoms with Crippen LogP contribution in [-0.4, -0.2) is 25.6 Å². The van der Waals surface area contributed by atoms with Crippen LogP contribution in [0.2, 0.25) is 0 Å². The van der Waals surface area contributed by atoms with Gasteiger partial charge in [0.15, 0.2) is 5.82 Å². The summed E-state index contributed by atoms with van der Waals surface area (Å²) in [6.07, 6.45) is 1.49. The van der Waals surface area contributed by atoms with Crippen LogP contribution in [-0.2, 0) is 19.4 Å². The highest BCUT2D eigenvalue weighted by atomic mass is 35.5. The van der Waals surface area contributed by atoms with Gasteiger partial charge >= 0.3 is 0 Å². The van der Waals surface area contributed by atoms with Gasteiger partial charge in [-0.2, -0.15) is 5.21 Å². The van der Waals surface area contributed by atoms with E-state index in [1.54, 1.807) is 0 Å². The summed E-state index contributed by atoms with van der Waals surface area (Å²) < 4.78 is 0. The topological polar surface area (TPSA) is 93.4 Å². The summed E-state index contributed by atoms with van der Waals surface area (Å²) in [5.41, 5.74) is 14.1. The molecule has 0 saturated heterocycles. The van der Waals surface area contributed by atoms with E-state index in [0.29, 0.717) is 24.7 Å². The number of nitrogens with zero attached hydrogens (tertiary/aromatic N) is 4. The molecular weight excluding hydrogens is 395 g/mol. The van der Waals surface area contributed by atoms with Gasteiger partial charge in [-0.1, -0.05) is 48.9 Å². The van der Waals surface area contributed by atoms with Gasteiger partial charge in [0, 0.05) is 24.4 Å². The second-order valence-electron chi connectivity index (χ2n) is 7.15. The van der Waals surface area contributed by atoms with E-state index < -0.39 is 0 Å². The van der Waals surface area contributed by atoms with Crippen LogP contribution in [0.25, 0.3) is 11.1 Å². The highest BCUT2D eigenvalue weighted by Crippen LogP contribution is 2.33. The number of tetrazole rings is 1. The molecule has 0 unspecified atom stereocenters. The molecule has 0 aliphatic heterocycles. The standard InChI is InChI=1S/C20H26N6.2ClH/c1-12(2)9-18-17(11-21)20(15-7-5-13(3)6-8-15)16(14(4)22-18)10-19-23-25-26-24-19;;/h5-8,12H,9-11,21H2,1-4H3,(H,23,24,25,26);2*1H. The van der Waals surface area contributed by atoms with Gasteiger partial charge in [-0.15, -0.1) is 35.0 Å². The summed E-state index contributed by atoms with van der Waals surface area (Å²) in [7, 11) is 0. The van der Waals surface area contributed by atoms with Crippen LogP contribution in [0.15, 0.2) is 24.3 Å². The molecule has 0 spiro atoms. The molecule has 2 heterocycles. The summed E-state index contributed by atoms with van der Waals surface area (Å²) >= 11 is 0. The Balaban J connectivity index is 0.00000196. The lowest BCUT2D eigenvalue weighted by atomic mass is 9.88. The lowest BCUT2D eigenvalue weighted by Crippen LogP contribution is -2.13. The average molecular weight is 423 g/mol. The number of aryl methyl sites for hydroxylation is 2. The van der Waals surface area contributed by atoms with E-state index in [1.165, 1.54) is 11.1 Å². The second kappa shape index (κ2) is 10.5. The lowest BCUT2D eigenvalue weighted by molar-refractivity contribution is 0.628. The van der Waals surface area contributed by atoms with Crippen molar-refractivity contribution in [1.29, 1.82) is 0 Å². The number of aromatic amines is 1. The van der Waals surface area contributed by atoms with Crippen LogP contribution >= 0.6 is 24.8 Å². The number of H-pyrrole nitrogens is 1. The Labute approximate surface area is 178 Å². The number of aromatic nitrogens is 5. The smallest absolute Gasteiger partial charge is 0.179 e. The third-order valence-electron chi connectivity index (χ3n) is 4.56. The van der Waals surface area contributed by atoms with E-state index in [0.717, 1.165) is 34.5 Å². The molecule has 0 bridgehead atoms. The minimum atomic E-state index is 0. The number of nitrogens with two attached hydrogens (primary N) is 1. The predicted molar refractivity (Wildman–Crippen MR) is 117 cm³/mol. The van der Waals surface area contributed by atoms with Crippen molar-refractivity contribution in [1.82, 2.24) is 25.6 Å². The number of nitrogens with one attached hydrogen (secondary N) is 1. The van der Waals surface area contributed by atoms with Gasteiger partial charge in [0.05, 0.1) is 0 Å². The normalized spacial score (nSPS) is 10.5. The van der Waals surface area contributed by atoms with Gasteiger partial charge in [-0.05, 0) is 48.4 Å². The molecule has 152 valence electrons. The Bertz CT molecular complexity index is 877. The summed E-state index contributed by atoms with van der Waals surface area (Å²) in [5.74, 6) is 1.17. The van der Waals surface area contributed by atoms with E-state index in [9.17, 15) is 0 Å². The van der Waals surface area contributed by atoms with E-state index in [1.807, 2.05) is 0 Å². The molecule has 28 heavy (non-hydrogen) atoms. The first-order valence-electron chi connectivity index (χ1n) is 9.00. The van der Waals surface area contributed by atoms with Crippen molar-refractivity contribution in [2.45, 2.75) is 47.1 Å². The fourth-order valence-corrected chi connectivity index (χ4v) is 3.32. The molecule has 1 aromatic carbocycles. The summed E-state index contributed by atoms with van der Waals surface area (Å²) in [5, 5.41) is 14.5. The van der Waals surface area contributed by atoms with E-state index in [-0.39, 0.29) is 24.8 Å². The molecule has 0 saturated carbocycles. The average Bonchev–Trinajstić information content (AvgIpc) is 3.10. The van der Waals surface area contributed by atoms with Crippen molar-refractivity contribution in [3.63, 3.8) is 0 Å². The molecule has 8 heteroatoms. The SMILES string of the molecule is Cc1ccc(-c2c(Cc3nn[nH]n3)c(C)nc(CC(C)C)c2CN)cc1.Cl.Cl. The molecule has 3 aromatic rings. The molecule has 0 amide bonds. The van der Waals surface area contributed by atoms with Gasteiger partial charge < -0.3 is 5.73 Å². The largest absolute Gasteiger partial charge is 0.326 e. The quantitative estimate of drug-likeness (QED) is 0.626. The van der Waals surface area contributed by atoms with E-state index in [4.69, 9.17) is 10.7 Å². The highest BCUT2D eigenvalue weighted by Gasteiger charge is 2.20. The Morgan fingerprint density at radius 1 is 1.04 bits per heavy atom. The van der Waals surface area contributed by atoms with Crippen LogP contribution in [0.3, 0.4) is 0 Å². The number of rotatable bonds is 6. The van der Waals surface area contributed by atoms with Gasteiger partial charge in [-0.25, -0.2) is 0 Å². The first-order valence-corrected chi connectivity index (χ1v) is 9.00. The maximum Gasteiger partial charge on any atom is 0.179 e. The molecule has 2 aromatic heterocycles. The summed E-state index contributed by atoms with van der Waals surface area (Å²) in [4.78, 5) is 4.90. The Hall–Kier alpha value is -2.02. The third-order valence-corrected chi connectivity index (χ3v) is 4.56. The predicted octanol–water partition coefficient (Wildman–Crippen LogP) is 3.97.